The Bertz CT molecular complexity index is 372. The molecule has 1 aromatic rings. The summed E-state index contributed by atoms with van der Waals surface area (Å²) in [6.07, 6.45) is 2.04. The second-order valence-electron chi connectivity index (χ2n) is 4.68. The van der Waals surface area contributed by atoms with Crippen LogP contribution in [0.3, 0.4) is 0 Å². The van der Waals surface area contributed by atoms with Crippen molar-refractivity contribution in [3.05, 3.63) is 35.1 Å². The van der Waals surface area contributed by atoms with E-state index in [-0.39, 0.29) is 11.2 Å². The molecular weight excluding hydrogens is 271 g/mol. The van der Waals surface area contributed by atoms with E-state index in [0.29, 0.717) is 0 Å². The summed E-state index contributed by atoms with van der Waals surface area (Å²) in [7, 11) is 0. The second-order valence-corrected chi connectivity index (χ2v) is 5.24. The molecule has 1 aliphatic heterocycles. The summed E-state index contributed by atoms with van der Waals surface area (Å²) in [6, 6.07) is 5.04. The molecule has 0 amide bonds. The van der Waals surface area contributed by atoms with Gasteiger partial charge in [0, 0.05) is 17.4 Å². The summed E-state index contributed by atoms with van der Waals surface area (Å²) < 4.78 is 18.5. The highest BCUT2D eigenvalue weighted by Gasteiger charge is 2.34. The molecule has 1 heterocycles. The Hall–Kier alpha value is -0.410. The van der Waals surface area contributed by atoms with E-state index in [1.54, 1.807) is 12.1 Å². The quantitative estimate of drug-likeness (QED) is 0.773. The van der Waals surface area contributed by atoms with Gasteiger partial charge < -0.3 is 4.74 Å². The normalized spacial score (nSPS) is 24.9. The fourth-order valence-electron chi connectivity index (χ4n) is 2.20. The summed E-state index contributed by atoms with van der Waals surface area (Å²) >= 11 is 3.58. The minimum absolute atomic E-state index is 0.156. The summed E-state index contributed by atoms with van der Waals surface area (Å²) in [5.41, 5.74) is 2.46. The molecule has 0 saturated carbocycles. The van der Waals surface area contributed by atoms with Crippen molar-refractivity contribution in [1.29, 1.82) is 0 Å². The number of hydrogen-bond acceptors (Lipinski definition) is 1. The number of rotatable bonds is 3. The van der Waals surface area contributed by atoms with Crippen molar-refractivity contribution in [2.75, 3.05) is 18.5 Å². The van der Waals surface area contributed by atoms with E-state index in [2.05, 4.69) is 15.9 Å². The van der Waals surface area contributed by atoms with Gasteiger partial charge in [-0.25, -0.2) is 4.39 Å². The van der Waals surface area contributed by atoms with E-state index in [0.717, 1.165) is 36.9 Å². The number of hydrogen-bond donors (Lipinski definition) is 0. The Labute approximate surface area is 104 Å². The Kier molecular flexibility index (Phi) is 3.65. The van der Waals surface area contributed by atoms with Crippen LogP contribution in [0.5, 0.6) is 0 Å². The Balaban J connectivity index is 2.19. The van der Waals surface area contributed by atoms with Crippen molar-refractivity contribution in [1.82, 2.24) is 0 Å². The summed E-state index contributed by atoms with van der Waals surface area (Å²) in [5.74, 6) is -0.156. The maximum atomic E-state index is 13.0. The molecule has 0 spiro atoms. The lowest BCUT2D eigenvalue weighted by Gasteiger charge is -2.25. The van der Waals surface area contributed by atoms with Crippen LogP contribution in [0.25, 0.3) is 0 Å². The number of alkyl halides is 1. The predicted octanol–water partition coefficient (Wildman–Crippen LogP) is 3.48. The summed E-state index contributed by atoms with van der Waals surface area (Å²) in [5, 5.41) is 0.941. The lowest BCUT2D eigenvalue weighted by molar-refractivity contribution is 0.162. The molecule has 1 atom stereocenters. The zero-order valence-electron chi connectivity index (χ0n) is 9.43. The van der Waals surface area contributed by atoms with Gasteiger partial charge in [-0.05, 0) is 43.0 Å². The van der Waals surface area contributed by atoms with E-state index < -0.39 is 0 Å². The number of benzene rings is 1. The van der Waals surface area contributed by atoms with Crippen molar-refractivity contribution in [3.63, 3.8) is 0 Å². The van der Waals surface area contributed by atoms with Gasteiger partial charge in [-0.1, -0.05) is 22.0 Å². The lowest BCUT2D eigenvalue weighted by atomic mass is 9.82. The zero-order chi connectivity index (χ0) is 11.6. The van der Waals surface area contributed by atoms with E-state index >= 15 is 0 Å². The Morgan fingerprint density at radius 2 is 2.31 bits per heavy atom. The largest absolute Gasteiger partial charge is 0.381 e. The van der Waals surface area contributed by atoms with Crippen LogP contribution in [-0.2, 0) is 11.2 Å². The average molecular weight is 287 g/mol. The van der Waals surface area contributed by atoms with Crippen LogP contribution in [0.15, 0.2) is 18.2 Å². The van der Waals surface area contributed by atoms with Crippen LogP contribution in [-0.4, -0.2) is 18.5 Å². The zero-order valence-corrected chi connectivity index (χ0v) is 11.0. The molecule has 0 N–H and O–H groups in total. The lowest BCUT2D eigenvalue weighted by Crippen LogP contribution is -2.26. The number of ether oxygens (including phenoxy) is 1. The van der Waals surface area contributed by atoms with E-state index in [9.17, 15) is 4.39 Å². The van der Waals surface area contributed by atoms with Crippen LogP contribution >= 0.6 is 15.9 Å². The molecule has 0 aromatic heterocycles. The van der Waals surface area contributed by atoms with Crippen molar-refractivity contribution < 1.29 is 9.13 Å². The van der Waals surface area contributed by atoms with Gasteiger partial charge in [0.1, 0.15) is 5.82 Å². The summed E-state index contributed by atoms with van der Waals surface area (Å²) in [6.45, 7) is 3.61. The van der Waals surface area contributed by atoms with Gasteiger partial charge in [0.25, 0.3) is 0 Å². The minimum atomic E-state index is -0.156. The highest BCUT2D eigenvalue weighted by molar-refractivity contribution is 9.09. The fraction of sp³-hybridized carbons (Fsp3) is 0.538. The molecular formula is C13H16BrFO. The van der Waals surface area contributed by atoms with Gasteiger partial charge in [0.2, 0.25) is 0 Å². The highest BCUT2D eigenvalue weighted by Crippen LogP contribution is 2.35. The number of aryl methyl sites for hydroxylation is 1. The van der Waals surface area contributed by atoms with Crippen LogP contribution in [0.2, 0.25) is 0 Å². The fourth-order valence-corrected chi connectivity index (χ4v) is 2.84. The molecule has 3 heteroatoms. The molecule has 2 rings (SSSR count). The SMILES string of the molecule is Cc1cc(F)ccc1CC1(CBr)CCOC1. The second kappa shape index (κ2) is 4.84. The molecule has 0 bridgehead atoms. The molecule has 1 unspecified atom stereocenters. The third kappa shape index (κ3) is 2.46. The van der Waals surface area contributed by atoms with Gasteiger partial charge in [-0.2, -0.15) is 0 Å². The first-order valence-electron chi connectivity index (χ1n) is 5.54. The first-order chi connectivity index (χ1) is 7.65. The third-order valence-corrected chi connectivity index (χ3v) is 4.53. The maximum Gasteiger partial charge on any atom is 0.123 e. The monoisotopic (exact) mass is 286 g/mol. The molecule has 0 aliphatic carbocycles. The smallest absolute Gasteiger partial charge is 0.123 e. The molecule has 1 nitrogen and oxygen atoms in total. The molecule has 1 aromatic carbocycles. The van der Waals surface area contributed by atoms with Crippen LogP contribution in [0, 0.1) is 18.2 Å². The van der Waals surface area contributed by atoms with Gasteiger partial charge in [0.15, 0.2) is 0 Å². The molecule has 1 fully saturated rings. The highest BCUT2D eigenvalue weighted by atomic mass is 79.9. The number of halogens is 2. The van der Waals surface area contributed by atoms with Crippen LogP contribution < -0.4 is 0 Å². The topological polar surface area (TPSA) is 9.23 Å². The van der Waals surface area contributed by atoms with E-state index in [4.69, 9.17) is 4.74 Å². The van der Waals surface area contributed by atoms with Gasteiger partial charge in [-0.15, -0.1) is 0 Å². The third-order valence-electron chi connectivity index (χ3n) is 3.34. The van der Waals surface area contributed by atoms with Gasteiger partial charge in [0.05, 0.1) is 6.61 Å². The standard InChI is InChI=1S/C13H16BrFO/c1-10-6-12(15)3-2-11(10)7-13(8-14)4-5-16-9-13/h2-3,6H,4-5,7-9H2,1H3. The van der Waals surface area contributed by atoms with E-state index in [1.165, 1.54) is 5.56 Å². The predicted molar refractivity (Wildman–Crippen MR) is 66.5 cm³/mol. The minimum Gasteiger partial charge on any atom is -0.381 e. The van der Waals surface area contributed by atoms with Gasteiger partial charge in [-0.3, -0.25) is 0 Å². The Morgan fingerprint density at radius 1 is 1.50 bits per heavy atom. The van der Waals surface area contributed by atoms with Crippen LogP contribution in [0.1, 0.15) is 17.5 Å². The van der Waals surface area contributed by atoms with Crippen LogP contribution in [0.4, 0.5) is 4.39 Å². The first kappa shape index (κ1) is 12.1. The molecule has 16 heavy (non-hydrogen) atoms. The van der Waals surface area contributed by atoms with Crippen molar-refractivity contribution in [2.45, 2.75) is 19.8 Å². The maximum absolute atomic E-state index is 13.0. The van der Waals surface area contributed by atoms with Gasteiger partial charge >= 0.3 is 0 Å². The molecule has 0 radical (unpaired) electrons. The van der Waals surface area contributed by atoms with Crippen molar-refractivity contribution in [3.8, 4) is 0 Å². The van der Waals surface area contributed by atoms with Crippen molar-refractivity contribution >= 4 is 15.9 Å². The van der Waals surface area contributed by atoms with Crippen molar-refractivity contribution in [2.24, 2.45) is 5.41 Å². The molecule has 1 saturated heterocycles. The molecule has 1 aliphatic rings. The van der Waals surface area contributed by atoms with E-state index in [1.807, 2.05) is 13.0 Å². The summed E-state index contributed by atoms with van der Waals surface area (Å²) in [4.78, 5) is 0. The average Bonchev–Trinajstić information content (AvgIpc) is 2.72. The first-order valence-corrected chi connectivity index (χ1v) is 6.66. The Morgan fingerprint density at radius 3 is 2.88 bits per heavy atom. The molecule has 88 valence electrons.